The van der Waals surface area contributed by atoms with Gasteiger partial charge in [-0.3, -0.25) is 9.69 Å². The molecule has 9 heteroatoms. The van der Waals surface area contributed by atoms with Crippen LogP contribution in [0.4, 0.5) is 10.1 Å². The van der Waals surface area contributed by atoms with Gasteiger partial charge < -0.3 is 19.9 Å². The first-order valence-electron chi connectivity index (χ1n) is 13.4. The minimum Gasteiger partial charge on any atom is -0.508 e. The van der Waals surface area contributed by atoms with Crippen LogP contribution in [-0.2, 0) is 27.4 Å². The van der Waals surface area contributed by atoms with E-state index in [9.17, 15) is 19.1 Å². The summed E-state index contributed by atoms with van der Waals surface area (Å²) in [6.45, 7) is 7.55. The zero-order chi connectivity index (χ0) is 29.1. The zero-order valence-corrected chi connectivity index (χ0v) is 23.9. The molecule has 7 nitrogen and oxygen atoms in total. The third-order valence-electron chi connectivity index (χ3n) is 6.26. The first-order valence-corrected chi connectivity index (χ1v) is 13.8. The minimum absolute atomic E-state index is 0.0935. The van der Waals surface area contributed by atoms with Crippen LogP contribution in [-0.4, -0.2) is 35.0 Å². The first kappa shape index (κ1) is 30.9. The molecule has 0 aliphatic heterocycles. The number of amides is 1. The average Bonchev–Trinajstić information content (AvgIpc) is 2.91. The van der Waals surface area contributed by atoms with E-state index in [1.165, 1.54) is 18.2 Å². The number of aryl methyl sites for hydroxylation is 1. The van der Waals surface area contributed by atoms with Crippen molar-refractivity contribution in [2.75, 3.05) is 18.5 Å². The number of benzene rings is 3. The van der Waals surface area contributed by atoms with Gasteiger partial charge in [-0.1, -0.05) is 49.9 Å². The maximum Gasteiger partial charge on any atom is 0.397 e. The lowest BCUT2D eigenvalue weighted by Gasteiger charge is -2.23. The molecule has 0 radical (unpaired) electrons. The number of ether oxygens (including phenoxy) is 2. The van der Waals surface area contributed by atoms with Crippen molar-refractivity contribution < 1.29 is 28.6 Å². The van der Waals surface area contributed by atoms with Crippen LogP contribution in [0.5, 0.6) is 17.2 Å². The number of halogens is 2. The summed E-state index contributed by atoms with van der Waals surface area (Å²) in [6.07, 6.45) is 4.42. The molecular formula is C31H36ClFN2O5. The Morgan fingerprint density at radius 1 is 1.00 bits per heavy atom. The predicted molar refractivity (Wildman–Crippen MR) is 154 cm³/mol. The fraction of sp³-hybridized carbons (Fsp3) is 0.355. The van der Waals surface area contributed by atoms with Gasteiger partial charge in [0.1, 0.15) is 23.1 Å². The summed E-state index contributed by atoms with van der Waals surface area (Å²) in [5.74, 6) is -1.14. The van der Waals surface area contributed by atoms with Crippen molar-refractivity contribution in [2.45, 2.75) is 59.5 Å². The summed E-state index contributed by atoms with van der Waals surface area (Å²) in [4.78, 5) is 25.8. The third-order valence-corrected chi connectivity index (χ3v) is 6.54. The van der Waals surface area contributed by atoms with Gasteiger partial charge in [-0.2, -0.15) is 0 Å². The molecule has 0 heterocycles. The second-order valence-electron chi connectivity index (χ2n) is 9.57. The highest BCUT2D eigenvalue weighted by Crippen LogP contribution is 2.37. The van der Waals surface area contributed by atoms with E-state index in [2.05, 4.69) is 17.1 Å². The van der Waals surface area contributed by atoms with E-state index in [1.807, 2.05) is 0 Å². The normalized spacial score (nSPS) is 10.9. The number of hydrogen-bond acceptors (Lipinski definition) is 6. The van der Waals surface area contributed by atoms with Gasteiger partial charge in [0.2, 0.25) is 0 Å². The van der Waals surface area contributed by atoms with E-state index in [0.717, 1.165) is 37.8 Å². The van der Waals surface area contributed by atoms with E-state index in [4.69, 9.17) is 21.1 Å². The number of carbonyl (C=O) groups excluding carboxylic acids is 2. The average molecular weight is 571 g/mol. The Morgan fingerprint density at radius 3 is 2.42 bits per heavy atom. The quantitative estimate of drug-likeness (QED) is 0.127. The highest BCUT2D eigenvalue weighted by Gasteiger charge is 2.18. The summed E-state index contributed by atoms with van der Waals surface area (Å²) in [5, 5.41) is 13.3. The number of hydrogen-bond donors (Lipinski definition) is 2. The Kier molecular flexibility index (Phi) is 11.8. The summed E-state index contributed by atoms with van der Waals surface area (Å²) in [7, 11) is 0. The fourth-order valence-corrected chi connectivity index (χ4v) is 4.55. The van der Waals surface area contributed by atoms with E-state index >= 15 is 0 Å². The Morgan fingerprint density at radius 2 is 1.75 bits per heavy atom. The number of nitrogens with one attached hydrogen (secondary N) is 1. The number of phenolic OH excluding ortho intramolecular Hbond substituents is 1. The van der Waals surface area contributed by atoms with E-state index in [-0.39, 0.29) is 23.2 Å². The van der Waals surface area contributed by atoms with Crippen molar-refractivity contribution in [1.29, 1.82) is 0 Å². The van der Waals surface area contributed by atoms with Crippen LogP contribution in [0.15, 0.2) is 54.6 Å². The van der Waals surface area contributed by atoms with Crippen molar-refractivity contribution in [3.05, 3.63) is 82.1 Å². The van der Waals surface area contributed by atoms with Gasteiger partial charge in [-0.25, -0.2) is 9.18 Å². The molecule has 0 fully saturated rings. The smallest absolute Gasteiger partial charge is 0.397 e. The van der Waals surface area contributed by atoms with Crippen LogP contribution in [0.25, 0.3) is 0 Å². The minimum atomic E-state index is -0.980. The lowest BCUT2D eigenvalue weighted by molar-refractivity contribution is -0.152. The van der Waals surface area contributed by atoms with E-state index in [1.54, 1.807) is 50.2 Å². The maximum absolute atomic E-state index is 13.4. The molecule has 0 spiro atoms. The number of aromatic hydroxyl groups is 1. The molecule has 0 saturated carbocycles. The molecule has 3 rings (SSSR count). The van der Waals surface area contributed by atoms with Gasteiger partial charge in [0.05, 0.1) is 11.6 Å². The van der Waals surface area contributed by atoms with Crippen LogP contribution >= 0.6 is 11.6 Å². The van der Waals surface area contributed by atoms with Crippen LogP contribution in [0.1, 0.15) is 56.2 Å². The maximum atomic E-state index is 13.4. The highest BCUT2D eigenvalue weighted by atomic mass is 35.5. The summed E-state index contributed by atoms with van der Waals surface area (Å²) in [6, 6.07) is 14.6. The van der Waals surface area contributed by atoms with Crippen molar-refractivity contribution >= 4 is 29.2 Å². The summed E-state index contributed by atoms with van der Waals surface area (Å²) >= 11 is 6.47. The predicted octanol–water partition coefficient (Wildman–Crippen LogP) is 7.37. The van der Waals surface area contributed by atoms with Crippen molar-refractivity contribution in [3.8, 4) is 17.2 Å². The Balaban J connectivity index is 1.76. The Labute approximate surface area is 239 Å². The second-order valence-corrected chi connectivity index (χ2v) is 9.98. The van der Waals surface area contributed by atoms with E-state index < -0.39 is 11.9 Å². The molecule has 40 heavy (non-hydrogen) atoms. The molecule has 0 aliphatic rings. The number of esters is 1. The Bertz CT molecular complexity index is 1280. The number of anilines is 1. The van der Waals surface area contributed by atoms with Gasteiger partial charge >= 0.3 is 11.9 Å². The number of unbranched alkanes of at least 4 members (excludes halogenated alkanes) is 3. The molecule has 0 atom stereocenters. The molecule has 0 aliphatic carbocycles. The molecule has 0 unspecified atom stereocenters. The second kappa shape index (κ2) is 15.2. The first-order chi connectivity index (χ1) is 19.2. The van der Waals surface area contributed by atoms with Crippen LogP contribution < -0.4 is 10.1 Å². The Hall–Kier alpha value is -3.62. The largest absolute Gasteiger partial charge is 0.508 e. The SMILES string of the molecule is CCCCCCN(Cc1ccc(F)cc1)Cc1cc(Oc2c(C)cc(NC(=O)C(=O)OCC)cc2Cl)ccc1O. The number of rotatable bonds is 13. The number of phenols is 1. The van der Waals surface area contributed by atoms with Crippen molar-refractivity contribution in [2.24, 2.45) is 0 Å². The molecule has 3 aromatic carbocycles. The standard InChI is InChI=1S/C31H36ClFN2O5/c1-4-6-7-8-15-35(19-22-9-11-24(33)12-10-22)20-23-17-26(13-14-28(23)36)40-29-21(3)16-25(18-27(29)32)34-30(37)31(38)39-5-2/h9-14,16-18,36H,4-8,15,19-20H2,1-3H3,(H,34,37). The van der Waals surface area contributed by atoms with Crippen LogP contribution in [0.3, 0.4) is 0 Å². The van der Waals surface area contributed by atoms with Crippen molar-refractivity contribution in [3.63, 3.8) is 0 Å². The topological polar surface area (TPSA) is 88.1 Å². The molecular weight excluding hydrogens is 535 g/mol. The third kappa shape index (κ3) is 9.24. The fourth-order valence-electron chi connectivity index (χ4n) is 4.25. The van der Waals surface area contributed by atoms with Gasteiger partial charge in [0.25, 0.3) is 0 Å². The van der Waals surface area contributed by atoms with Crippen molar-refractivity contribution in [1.82, 2.24) is 4.90 Å². The van der Waals surface area contributed by atoms with Gasteiger partial charge in [-0.15, -0.1) is 0 Å². The molecule has 3 aromatic rings. The zero-order valence-electron chi connectivity index (χ0n) is 23.1. The molecule has 0 bridgehead atoms. The number of carbonyl (C=O) groups is 2. The van der Waals surface area contributed by atoms with E-state index in [0.29, 0.717) is 41.4 Å². The molecule has 1 amide bonds. The molecule has 0 aromatic heterocycles. The van der Waals surface area contributed by atoms with Gasteiger partial charge in [0.15, 0.2) is 0 Å². The molecule has 214 valence electrons. The van der Waals surface area contributed by atoms with Crippen LogP contribution in [0.2, 0.25) is 5.02 Å². The molecule has 2 N–H and O–H groups in total. The lowest BCUT2D eigenvalue weighted by atomic mass is 10.1. The summed E-state index contributed by atoms with van der Waals surface area (Å²) in [5.41, 5.74) is 2.64. The molecule has 0 saturated heterocycles. The van der Waals surface area contributed by atoms with Gasteiger partial charge in [0, 0.05) is 24.3 Å². The highest BCUT2D eigenvalue weighted by molar-refractivity contribution is 6.37. The van der Waals surface area contributed by atoms with Crippen LogP contribution in [0, 0.1) is 12.7 Å². The lowest BCUT2D eigenvalue weighted by Crippen LogP contribution is -2.25. The summed E-state index contributed by atoms with van der Waals surface area (Å²) < 4.78 is 24.2. The van der Waals surface area contributed by atoms with Gasteiger partial charge in [-0.05, 0) is 80.4 Å². The monoisotopic (exact) mass is 570 g/mol. The number of nitrogens with zero attached hydrogens (tertiary/aromatic N) is 1.